The zero-order valence-electron chi connectivity index (χ0n) is 13.5. The molecule has 2 fully saturated rings. The largest absolute Gasteiger partial charge is 0.465 e. The topological polar surface area (TPSA) is 85.2 Å². The molecule has 0 radical (unpaired) electrons. The van der Waals surface area contributed by atoms with Crippen LogP contribution >= 0.6 is 0 Å². The van der Waals surface area contributed by atoms with Crippen LogP contribution in [0.15, 0.2) is 29.3 Å². The maximum atomic E-state index is 13.7. The van der Waals surface area contributed by atoms with Crippen molar-refractivity contribution in [3.05, 3.63) is 30.1 Å². The fourth-order valence-electron chi connectivity index (χ4n) is 3.75. The van der Waals surface area contributed by atoms with E-state index < -0.39 is 17.4 Å². The third-order valence-corrected chi connectivity index (χ3v) is 4.76. The van der Waals surface area contributed by atoms with Crippen molar-refractivity contribution in [3.8, 4) is 0 Å². The van der Waals surface area contributed by atoms with Crippen molar-refractivity contribution in [2.45, 2.75) is 31.3 Å². The van der Waals surface area contributed by atoms with Crippen LogP contribution in [0.5, 0.6) is 0 Å². The first-order valence-corrected chi connectivity index (χ1v) is 7.72. The number of likely N-dealkylation sites (tertiary alicyclic amines) is 1. The lowest BCUT2D eigenvalue weighted by molar-refractivity contribution is 0.100. The van der Waals surface area contributed by atoms with Gasteiger partial charge in [-0.05, 0) is 38.0 Å². The summed E-state index contributed by atoms with van der Waals surface area (Å²) in [7, 11) is 1.58. The van der Waals surface area contributed by atoms with E-state index in [1.165, 1.54) is 21.9 Å². The lowest BCUT2D eigenvalue weighted by atomic mass is 9.81. The maximum absolute atomic E-state index is 13.7. The number of halogens is 1. The fourth-order valence-corrected chi connectivity index (χ4v) is 3.75. The number of anilines is 1. The Morgan fingerprint density at radius 2 is 2.25 bits per heavy atom. The van der Waals surface area contributed by atoms with Crippen molar-refractivity contribution in [1.82, 2.24) is 10.2 Å². The smallest absolute Gasteiger partial charge is 0.407 e. The van der Waals surface area contributed by atoms with Gasteiger partial charge in [0, 0.05) is 25.3 Å². The van der Waals surface area contributed by atoms with Gasteiger partial charge in [-0.3, -0.25) is 15.2 Å². The van der Waals surface area contributed by atoms with Crippen molar-refractivity contribution in [2.75, 3.05) is 18.5 Å². The molecular weight excluding hydrogens is 315 g/mol. The van der Waals surface area contributed by atoms with Gasteiger partial charge in [0.1, 0.15) is 17.2 Å². The summed E-state index contributed by atoms with van der Waals surface area (Å²) in [4.78, 5) is 30.9. The SMILES string of the molecule is CN=C1NC(=O)N(c2cccc(F)c2)[C@@]12CCN(C(=O)O)[C@@H](C)C2. The number of benzene rings is 1. The predicted octanol–water partition coefficient (Wildman–Crippen LogP) is 2.28. The number of hydrogen-bond donors (Lipinski definition) is 2. The molecule has 0 unspecified atom stereocenters. The van der Waals surface area contributed by atoms with E-state index in [9.17, 15) is 19.1 Å². The third kappa shape index (κ3) is 2.38. The van der Waals surface area contributed by atoms with Gasteiger partial charge in [0.15, 0.2) is 0 Å². The standard InChI is InChI=1S/C16H19FN4O3/c1-10-9-16(6-7-20(10)15(23)24)13(18-2)19-14(22)21(16)12-5-3-4-11(17)8-12/h3-5,8,10H,6-7,9H2,1-2H3,(H,23,24)(H,18,19,22)/t10-,16+/m0/s1. The molecule has 0 bridgehead atoms. The quantitative estimate of drug-likeness (QED) is 0.826. The van der Waals surface area contributed by atoms with Gasteiger partial charge in [-0.2, -0.15) is 0 Å². The molecule has 0 aromatic heterocycles. The molecule has 3 rings (SSSR count). The highest BCUT2D eigenvalue weighted by Gasteiger charge is 2.54. The third-order valence-electron chi connectivity index (χ3n) is 4.76. The van der Waals surface area contributed by atoms with Crippen LogP contribution in [0.3, 0.4) is 0 Å². The Bertz CT molecular complexity index is 723. The molecular formula is C16H19FN4O3. The van der Waals surface area contributed by atoms with Crippen LogP contribution in [0.1, 0.15) is 19.8 Å². The van der Waals surface area contributed by atoms with E-state index >= 15 is 0 Å². The molecule has 2 N–H and O–H groups in total. The number of amides is 3. The molecule has 2 heterocycles. The summed E-state index contributed by atoms with van der Waals surface area (Å²) in [5, 5.41) is 12.0. The Kier molecular flexibility index (Phi) is 3.90. The number of carboxylic acid groups (broad SMARTS) is 1. The van der Waals surface area contributed by atoms with E-state index in [4.69, 9.17) is 0 Å². The number of hydrogen-bond acceptors (Lipinski definition) is 3. The first-order valence-electron chi connectivity index (χ1n) is 7.72. The summed E-state index contributed by atoms with van der Waals surface area (Å²) < 4.78 is 13.7. The number of urea groups is 1. The van der Waals surface area contributed by atoms with Crippen LogP contribution < -0.4 is 10.2 Å². The van der Waals surface area contributed by atoms with Gasteiger partial charge in [-0.15, -0.1) is 0 Å². The second-order valence-electron chi connectivity index (χ2n) is 6.13. The maximum Gasteiger partial charge on any atom is 0.407 e. The lowest BCUT2D eigenvalue weighted by Gasteiger charge is -2.45. The summed E-state index contributed by atoms with van der Waals surface area (Å²) in [6.07, 6.45) is -0.200. The van der Waals surface area contributed by atoms with Crippen molar-refractivity contribution >= 4 is 23.6 Å². The monoisotopic (exact) mass is 334 g/mol. The molecule has 0 aliphatic carbocycles. The van der Waals surface area contributed by atoms with Crippen molar-refractivity contribution in [2.24, 2.45) is 4.99 Å². The minimum absolute atomic E-state index is 0.274. The Balaban J connectivity index is 2.05. The van der Waals surface area contributed by atoms with Crippen molar-refractivity contribution in [3.63, 3.8) is 0 Å². The molecule has 1 aromatic rings. The van der Waals surface area contributed by atoms with Crippen LogP contribution in [-0.2, 0) is 0 Å². The highest BCUT2D eigenvalue weighted by atomic mass is 19.1. The van der Waals surface area contributed by atoms with Gasteiger partial charge in [0.25, 0.3) is 0 Å². The van der Waals surface area contributed by atoms with E-state index in [2.05, 4.69) is 10.3 Å². The molecule has 2 saturated heterocycles. The van der Waals surface area contributed by atoms with E-state index in [-0.39, 0.29) is 18.6 Å². The summed E-state index contributed by atoms with van der Waals surface area (Å²) in [5.41, 5.74) is -0.354. The molecule has 1 spiro atoms. The second-order valence-corrected chi connectivity index (χ2v) is 6.13. The average molecular weight is 334 g/mol. The second kappa shape index (κ2) is 5.77. The summed E-state index contributed by atoms with van der Waals surface area (Å²) in [5.74, 6) is 0.0574. The Labute approximate surface area is 138 Å². The van der Waals surface area contributed by atoms with Crippen LogP contribution in [0, 0.1) is 5.82 Å². The number of nitrogens with zero attached hydrogens (tertiary/aromatic N) is 3. The normalized spacial score (nSPS) is 28.5. The number of carbonyl (C=O) groups is 2. The van der Waals surface area contributed by atoms with Crippen LogP contribution in [0.2, 0.25) is 0 Å². The fraction of sp³-hybridized carbons (Fsp3) is 0.438. The van der Waals surface area contributed by atoms with Gasteiger partial charge in [-0.25, -0.2) is 14.0 Å². The van der Waals surface area contributed by atoms with E-state index in [1.54, 1.807) is 26.1 Å². The minimum Gasteiger partial charge on any atom is -0.465 e. The first-order chi connectivity index (χ1) is 11.4. The number of piperidine rings is 1. The highest BCUT2D eigenvalue weighted by Crippen LogP contribution is 2.39. The van der Waals surface area contributed by atoms with Gasteiger partial charge < -0.3 is 10.0 Å². The summed E-state index contributed by atoms with van der Waals surface area (Å²) in [6, 6.07) is 5.15. The lowest BCUT2D eigenvalue weighted by Crippen LogP contribution is -2.60. The Morgan fingerprint density at radius 3 is 2.83 bits per heavy atom. The van der Waals surface area contributed by atoms with Crippen molar-refractivity contribution < 1.29 is 19.1 Å². The molecule has 1 aromatic carbocycles. The Hall–Kier alpha value is -2.64. The van der Waals surface area contributed by atoms with Gasteiger partial charge in [-0.1, -0.05) is 6.07 Å². The van der Waals surface area contributed by atoms with Gasteiger partial charge in [0.05, 0.1) is 0 Å². The molecule has 2 atom stereocenters. The average Bonchev–Trinajstić information content (AvgIpc) is 2.78. The number of nitrogens with one attached hydrogen (secondary N) is 1. The Morgan fingerprint density at radius 1 is 1.50 bits per heavy atom. The zero-order valence-corrected chi connectivity index (χ0v) is 13.5. The number of aliphatic imine (C=N–C) groups is 1. The summed E-state index contributed by atoms with van der Waals surface area (Å²) in [6.45, 7) is 2.07. The molecule has 8 heteroatoms. The molecule has 128 valence electrons. The van der Waals surface area contributed by atoms with Crippen LogP contribution in [-0.4, -0.2) is 53.1 Å². The number of carbonyl (C=O) groups excluding carboxylic acids is 1. The summed E-state index contributed by atoms with van der Waals surface area (Å²) >= 11 is 0. The molecule has 2 aliphatic heterocycles. The predicted molar refractivity (Wildman–Crippen MR) is 86.9 cm³/mol. The number of amidine groups is 1. The molecule has 3 amide bonds. The van der Waals surface area contributed by atoms with E-state index in [0.717, 1.165) is 0 Å². The van der Waals surface area contributed by atoms with Crippen LogP contribution in [0.4, 0.5) is 19.7 Å². The minimum atomic E-state index is -0.984. The molecule has 2 aliphatic rings. The van der Waals surface area contributed by atoms with Gasteiger partial charge in [0.2, 0.25) is 0 Å². The zero-order chi connectivity index (χ0) is 17.5. The molecule has 7 nitrogen and oxygen atoms in total. The first kappa shape index (κ1) is 16.2. The molecule has 0 saturated carbocycles. The molecule has 24 heavy (non-hydrogen) atoms. The van der Waals surface area contributed by atoms with E-state index in [0.29, 0.717) is 24.4 Å². The van der Waals surface area contributed by atoms with Crippen LogP contribution in [0.25, 0.3) is 0 Å². The van der Waals surface area contributed by atoms with Gasteiger partial charge >= 0.3 is 12.1 Å². The van der Waals surface area contributed by atoms with E-state index in [1.807, 2.05) is 0 Å². The highest BCUT2D eigenvalue weighted by molar-refractivity contribution is 6.19. The van der Waals surface area contributed by atoms with Crippen molar-refractivity contribution in [1.29, 1.82) is 0 Å². The number of rotatable bonds is 1.